The van der Waals surface area contributed by atoms with E-state index in [0.717, 1.165) is 0 Å². The molecule has 0 spiro atoms. The lowest BCUT2D eigenvalue weighted by molar-refractivity contribution is 0.575. The van der Waals surface area contributed by atoms with Crippen LogP contribution in [0.15, 0.2) is 0 Å². The normalized spacial score (nSPS) is 13.1. The molecule has 5 nitrogen and oxygen atoms in total. The summed E-state index contributed by atoms with van der Waals surface area (Å²) in [6.45, 7) is 3.34. The Bertz CT molecular complexity index is 296. The summed E-state index contributed by atoms with van der Waals surface area (Å²) in [7, 11) is -7.30. The Balaban J connectivity index is 4.44. The minimum atomic E-state index is -3.65. The molecule has 0 radical (unpaired) electrons. The zero-order valence-electron chi connectivity index (χ0n) is 7.78. The average Bonchev–Trinajstić information content (AvgIpc) is 1.82. The van der Waals surface area contributed by atoms with Crippen LogP contribution in [-0.2, 0) is 20.0 Å². The summed E-state index contributed by atoms with van der Waals surface area (Å²) in [5, 5.41) is 0. The molecule has 0 saturated heterocycles. The molecule has 0 bridgehead atoms. The molecule has 0 fully saturated rings. The highest BCUT2D eigenvalue weighted by Crippen LogP contribution is 1.95. The van der Waals surface area contributed by atoms with E-state index < -0.39 is 20.0 Å². The third kappa shape index (κ3) is 6.00. The van der Waals surface area contributed by atoms with Gasteiger partial charge in [0.25, 0.3) is 0 Å². The summed E-state index contributed by atoms with van der Waals surface area (Å²) < 4.78 is 45.8. The first-order valence-corrected chi connectivity index (χ1v) is 7.37. The Kier molecular flexibility index (Phi) is 4.87. The van der Waals surface area contributed by atoms with Crippen molar-refractivity contribution in [1.82, 2.24) is 4.13 Å². The van der Waals surface area contributed by atoms with Gasteiger partial charge in [-0.15, -0.1) is 4.13 Å². The molecule has 0 aliphatic rings. The van der Waals surface area contributed by atoms with E-state index in [0.29, 0.717) is 12.8 Å². The van der Waals surface area contributed by atoms with E-state index >= 15 is 0 Å². The molecule has 7 heteroatoms. The van der Waals surface area contributed by atoms with E-state index in [-0.39, 0.29) is 11.5 Å². The summed E-state index contributed by atoms with van der Waals surface area (Å²) in [6.07, 6.45) is 0.800. The minimum Gasteiger partial charge on any atom is -0.211 e. The molecule has 0 aromatic rings. The Labute approximate surface area is 79.6 Å². The number of nitrogens with one attached hydrogen (secondary N) is 1. The van der Waals surface area contributed by atoms with E-state index in [1.807, 2.05) is 0 Å². The molecule has 0 aliphatic carbocycles. The van der Waals surface area contributed by atoms with Gasteiger partial charge in [-0.3, -0.25) is 0 Å². The molecule has 0 atom stereocenters. The summed E-state index contributed by atoms with van der Waals surface area (Å²) in [5.41, 5.74) is 0. The van der Waals surface area contributed by atoms with Crippen LogP contribution < -0.4 is 4.13 Å². The zero-order valence-corrected chi connectivity index (χ0v) is 9.41. The fourth-order valence-corrected chi connectivity index (χ4v) is 4.10. The second kappa shape index (κ2) is 4.92. The van der Waals surface area contributed by atoms with E-state index in [2.05, 4.69) is 0 Å². The molecule has 13 heavy (non-hydrogen) atoms. The molecule has 80 valence electrons. The van der Waals surface area contributed by atoms with Crippen molar-refractivity contribution in [3.05, 3.63) is 0 Å². The van der Waals surface area contributed by atoms with E-state index in [9.17, 15) is 16.8 Å². The van der Waals surface area contributed by atoms with Gasteiger partial charge in [0.2, 0.25) is 20.0 Å². The van der Waals surface area contributed by atoms with Gasteiger partial charge in [0, 0.05) is 0 Å². The van der Waals surface area contributed by atoms with Crippen LogP contribution in [-0.4, -0.2) is 28.3 Å². The molecule has 0 aromatic heterocycles. The second-order valence-corrected chi connectivity index (χ2v) is 6.66. The Hall–Kier alpha value is -0.140. The molecule has 0 aliphatic heterocycles. The molecule has 0 aromatic carbocycles. The number of hydrogen-bond donors (Lipinski definition) is 1. The van der Waals surface area contributed by atoms with Gasteiger partial charge in [-0.05, 0) is 12.8 Å². The van der Waals surface area contributed by atoms with Crippen LogP contribution in [0, 0.1) is 0 Å². The topological polar surface area (TPSA) is 80.3 Å². The van der Waals surface area contributed by atoms with Gasteiger partial charge in [-0.2, -0.15) is 0 Å². The van der Waals surface area contributed by atoms with Gasteiger partial charge in [-0.25, -0.2) is 16.8 Å². The van der Waals surface area contributed by atoms with Crippen molar-refractivity contribution in [3.8, 4) is 0 Å². The van der Waals surface area contributed by atoms with E-state index in [1.54, 1.807) is 18.0 Å². The van der Waals surface area contributed by atoms with Crippen LogP contribution in [0.2, 0.25) is 0 Å². The fraction of sp³-hybridized carbons (Fsp3) is 1.00. The number of hydrogen-bond acceptors (Lipinski definition) is 4. The standard InChI is InChI=1S/C6H15NO4S2/c1-3-5-12(8,9)7-13(10,11)6-4-2/h7H,3-6H2,1-2H3. The predicted octanol–water partition coefficient (Wildman–Crippen LogP) is 0.0556. The second-order valence-electron chi connectivity index (χ2n) is 2.72. The zero-order chi connectivity index (χ0) is 10.5. The first kappa shape index (κ1) is 12.9. The monoisotopic (exact) mass is 229 g/mol. The average molecular weight is 229 g/mol. The maximum atomic E-state index is 11.0. The van der Waals surface area contributed by atoms with Gasteiger partial charge < -0.3 is 0 Å². The van der Waals surface area contributed by atoms with Crippen LogP contribution in [0.1, 0.15) is 26.7 Å². The van der Waals surface area contributed by atoms with Gasteiger partial charge in [-0.1, -0.05) is 13.8 Å². The molecule has 0 amide bonds. The molecule has 0 heterocycles. The smallest absolute Gasteiger partial charge is 0.211 e. The van der Waals surface area contributed by atoms with Crippen molar-refractivity contribution >= 4 is 20.0 Å². The first-order valence-electron chi connectivity index (χ1n) is 4.07. The van der Waals surface area contributed by atoms with Gasteiger partial charge >= 0.3 is 0 Å². The summed E-state index contributed by atoms with van der Waals surface area (Å²) in [5.74, 6) is -0.314. The molecule has 0 rings (SSSR count). The summed E-state index contributed by atoms with van der Waals surface area (Å²) >= 11 is 0. The minimum absolute atomic E-state index is 0.157. The Morgan fingerprint density at radius 1 is 0.846 bits per heavy atom. The van der Waals surface area contributed by atoms with Gasteiger partial charge in [0.05, 0.1) is 11.5 Å². The van der Waals surface area contributed by atoms with Crippen molar-refractivity contribution in [2.75, 3.05) is 11.5 Å². The molecular formula is C6H15NO4S2. The highest BCUT2D eigenvalue weighted by atomic mass is 32.3. The van der Waals surface area contributed by atoms with Crippen LogP contribution in [0.4, 0.5) is 0 Å². The van der Waals surface area contributed by atoms with Crippen molar-refractivity contribution in [2.24, 2.45) is 0 Å². The van der Waals surface area contributed by atoms with Crippen molar-refractivity contribution < 1.29 is 16.8 Å². The van der Waals surface area contributed by atoms with E-state index in [4.69, 9.17) is 0 Å². The third-order valence-corrected chi connectivity index (χ3v) is 5.12. The number of rotatable bonds is 6. The van der Waals surface area contributed by atoms with Gasteiger partial charge in [0.15, 0.2) is 0 Å². The van der Waals surface area contributed by atoms with Crippen molar-refractivity contribution in [2.45, 2.75) is 26.7 Å². The highest BCUT2D eigenvalue weighted by molar-refractivity contribution is 8.04. The lowest BCUT2D eigenvalue weighted by atomic mass is 10.6. The van der Waals surface area contributed by atoms with Crippen molar-refractivity contribution in [1.29, 1.82) is 0 Å². The van der Waals surface area contributed by atoms with Crippen molar-refractivity contribution in [3.63, 3.8) is 0 Å². The van der Waals surface area contributed by atoms with E-state index in [1.165, 1.54) is 0 Å². The summed E-state index contributed by atoms with van der Waals surface area (Å²) in [6, 6.07) is 0. The molecule has 0 saturated carbocycles. The van der Waals surface area contributed by atoms with Crippen LogP contribution in [0.3, 0.4) is 0 Å². The number of sulfonamides is 2. The Morgan fingerprint density at radius 3 is 1.38 bits per heavy atom. The quantitative estimate of drug-likeness (QED) is 0.698. The maximum Gasteiger partial charge on any atom is 0.224 e. The molecule has 1 N–H and O–H groups in total. The summed E-state index contributed by atoms with van der Waals surface area (Å²) in [4.78, 5) is 0. The predicted molar refractivity (Wildman–Crippen MR) is 51.3 cm³/mol. The maximum absolute atomic E-state index is 11.0. The largest absolute Gasteiger partial charge is 0.224 e. The molecular weight excluding hydrogens is 214 g/mol. The lowest BCUT2D eigenvalue weighted by Gasteiger charge is -2.04. The van der Waals surface area contributed by atoms with Crippen LogP contribution in [0.5, 0.6) is 0 Å². The van der Waals surface area contributed by atoms with Crippen LogP contribution >= 0.6 is 0 Å². The van der Waals surface area contributed by atoms with Gasteiger partial charge in [0.1, 0.15) is 0 Å². The Morgan fingerprint density at radius 2 is 1.15 bits per heavy atom. The fourth-order valence-electron chi connectivity index (χ4n) is 0.814. The van der Waals surface area contributed by atoms with Crippen LogP contribution in [0.25, 0.3) is 0 Å². The highest BCUT2D eigenvalue weighted by Gasteiger charge is 2.18. The molecule has 0 unspecified atom stereocenters. The lowest BCUT2D eigenvalue weighted by Crippen LogP contribution is -2.33. The SMILES string of the molecule is CCCS(=O)(=O)NS(=O)(=O)CCC. The first-order chi connectivity index (χ1) is 5.83. The third-order valence-electron chi connectivity index (χ3n) is 1.20.